The molecule has 10 atom stereocenters. The summed E-state index contributed by atoms with van der Waals surface area (Å²) >= 11 is 0. The zero-order valence-corrected chi connectivity index (χ0v) is 30.2. The smallest absolute Gasteiger partial charge is 0.303 e. The van der Waals surface area contributed by atoms with Crippen LogP contribution in [0.3, 0.4) is 0 Å². The highest BCUT2D eigenvalue weighted by molar-refractivity contribution is 5.66. The Morgan fingerprint density at radius 3 is 2.27 bits per heavy atom. The van der Waals surface area contributed by atoms with Gasteiger partial charge in [0.15, 0.2) is 0 Å². The van der Waals surface area contributed by atoms with Gasteiger partial charge in [-0.25, -0.2) is 0 Å². The maximum Gasteiger partial charge on any atom is 0.303 e. The van der Waals surface area contributed by atoms with E-state index in [1.165, 1.54) is 95.5 Å². The summed E-state index contributed by atoms with van der Waals surface area (Å²) in [6.07, 6.45) is 25.3. The number of carbonyl (C=O) groups is 1. The summed E-state index contributed by atoms with van der Waals surface area (Å²) in [5, 5.41) is 8.93. The molecule has 1 unspecified atom stereocenters. The Morgan fingerprint density at radius 1 is 0.889 bits per heavy atom. The quantitative estimate of drug-likeness (QED) is 0.210. The summed E-state index contributed by atoms with van der Waals surface area (Å²) in [6.45, 7) is 22.9. The van der Waals surface area contributed by atoms with Crippen LogP contribution in [-0.4, -0.2) is 16.6 Å². The Hall–Kier alpha value is -1.35. The second kappa shape index (κ2) is 11.4. The molecule has 3 nitrogen and oxygen atoms in total. The number of carboxylic acid groups (broad SMARTS) is 1. The Bertz CT molecular complexity index is 1260. The largest absolute Gasteiger partial charge is 0.481 e. The Balaban J connectivity index is 1.22. The monoisotopic (exact) mass is 618 g/mol. The average molecular weight is 618 g/mol. The van der Waals surface area contributed by atoms with E-state index in [0.29, 0.717) is 34.5 Å². The maximum absolute atomic E-state index is 10.8. The molecular weight excluding hydrogens is 550 g/mol. The van der Waals surface area contributed by atoms with Gasteiger partial charge < -0.3 is 10.8 Å². The fourth-order valence-electron chi connectivity index (χ4n) is 14.3. The number of fused-ring (bicyclic) bond motifs is 7. The van der Waals surface area contributed by atoms with Gasteiger partial charge in [0.25, 0.3) is 0 Å². The van der Waals surface area contributed by atoms with Gasteiger partial charge in [-0.3, -0.25) is 4.79 Å². The maximum atomic E-state index is 10.8. The molecule has 0 aromatic carbocycles. The van der Waals surface area contributed by atoms with Crippen LogP contribution in [0.25, 0.3) is 0 Å². The average Bonchev–Trinajstić information content (AvgIpc) is 3.33. The van der Waals surface area contributed by atoms with E-state index in [0.717, 1.165) is 30.6 Å². The highest BCUT2D eigenvalue weighted by Gasteiger charge is 2.73. The third-order valence-electron chi connectivity index (χ3n) is 16.8. The van der Waals surface area contributed by atoms with Crippen molar-refractivity contribution in [2.24, 2.45) is 62.4 Å². The summed E-state index contributed by atoms with van der Waals surface area (Å²) in [5.74, 6) is 2.78. The van der Waals surface area contributed by atoms with Crippen LogP contribution < -0.4 is 5.73 Å². The Kier molecular flexibility index (Phi) is 8.48. The predicted molar refractivity (Wildman–Crippen MR) is 188 cm³/mol. The highest BCUT2D eigenvalue weighted by atomic mass is 16.4. The number of unbranched alkanes of at least 4 members (excludes halogenated alkanes) is 2. The van der Waals surface area contributed by atoms with E-state index in [1.807, 2.05) is 0 Å². The molecule has 252 valence electrons. The SMILES string of the molecule is C=C(C)[C@@H]1CC[C@]2(N)CC[C@@]3(C)[C@]4(C)CC[C@H]5C(C)(C)C(C6=CCC(CCCCCC(=O)O)CC6)=CC[C@]5(C)[C@H]4CC[C@]3(C)[C@@H]12. The van der Waals surface area contributed by atoms with Crippen molar-refractivity contribution in [1.29, 1.82) is 0 Å². The molecule has 3 heteroatoms. The topological polar surface area (TPSA) is 63.3 Å². The minimum Gasteiger partial charge on any atom is -0.481 e. The first kappa shape index (κ1) is 33.5. The lowest BCUT2D eigenvalue weighted by Crippen LogP contribution is -2.71. The van der Waals surface area contributed by atoms with Crippen molar-refractivity contribution in [2.75, 3.05) is 0 Å². The number of carboxylic acids is 1. The first-order chi connectivity index (χ1) is 21.0. The molecule has 0 amide bonds. The van der Waals surface area contributed by atoms with Crippen LogP contribution in [-0.2, 0) is 4.79 Å². The molecule has 0 spiro atoms. The van der Waals surface area contributed by atoms with Gasteiger partial charge in [0.1, 0.15) is 0 Å². The molecular formula is C42H67NO2. The van der Waals surface area contributed by atoms with Crippen molar-refractivity contribution >= 4 is 5.97 Å². The van der Waals surface area contributed by atoms with Crippen molar-refractivity contribution in [2.45, 2.75) is 163 Å². The normalized spacial score (nSPS) is 47.0. The lowest BCUT2D eigenvalue weighted by atomic mass is 9.29. The fraction of sp³-hybridized carbons (Fsp3) is 0.833. The summed E-state index contributed by atoms with van der Waals surface area (Å²) in [6, 6.07) is 0. The number of hydrogen-bond donors (Lipinski definition) is 2. The summed E-state index contributed by atoms with van der Waals surface area (Å²) < 4.78 is 0. The lowest BCUT2D eigenvalue weighted by molar-refractivity contribution is -0.255. The Morgan fingerprint density at radius 2 is 1.60 bits per heavy atom. The van der Waals surface area contributed by atoms with Gasteiger partial charge in [-0.2, -0.15) is 0 Å². The molecule has 6 aliphatic rings. The number of allylic oxidation sites excluding steroid dienone is 5. The van der Waals surface area contributed by atoms with E-state index in [2.05, 4.69) is 67.2 Å². The molecule has 0 radical (unpaired) electrons. The van der Waals surface area contributed by atoms with Crippen LogP contribution in [0.15, 0.2) is 35.5 Å². The molecule has 45 heavy (non-hydrogen) atoms. The van der Waals surface area contributed by atoms with E-state index in [9.17, 15) is 4.79 Å². The van der Waals surface area contributed by atoms with Crippen LogP contribution in [0.1, 0.15) is 158 Å². The summed E-state index contributed by atoms with van der Waals surface area (Å²) in [7, 11) is 0. The van der Waals surface area contributed by atoms with Crippen molar-refractivity contribution < 1.29 is 9.90 Å². The molecule has 0 aromatic rings. The van der Waals surface area contributed by atoms with E-state index >= 15 is 0 Å². The van der Waals surface area contributed by atoms with Crippen molar-refractivity contribution in [1.82, 2.24) is 0 Å². The van der Waals surface area contributed by atoms with Crippen LogP contribution in [0.2, 0.25) is 0 Å². The van der Waals surface area contributed by atoms with Crippen LogP contribution >= 0.6 is 0 Å². The second-order valence-corrected chi connectivity index (χ2v) is 19.0. The van der Waals surface area contributed by atoms with E-state index < -0.39 is 5.97 Å². The Labute approximate surface area is 276 Å². The van der Waals surface area contributed by atoms with Gasteiger partial charge >= 0.3 is 5.97 Å². The van der Waals surface area contributed by atoms with E-state index in [1.54, 1.807) is 11.1 Å². The van der Waals surface area contributed by atoms with Crippen LogP contribution in [0.5, 0.6) is 0 Å². The van der Waals surface area contributed by atoms with Crippen molar-refractivity contribution in [3.63, 3.8) is 0 Å². The third kappa shape index (κ3) is 4.92. The minimum absolute atomic E-state index is 0.000277. The van der Waals surface area contributed by atoms with Gasteiger partial charge in [-0.05, 0) is 158 Å². The molecule has 6 aliphatic carbocycles. The van der Waals surface area contributed by atoms with Crippen LogP contribution in [0, 0.1) is 56.7 Å². The van der Waals surface area contributed by atoms with Gasteiger partial charge in [-0.15, -0.1) is 0 Å². The minimum atomic E-state index is -0.657. The molecule has 0 aromatic heterocycles. The molecule has 0 aliphatic heterocycles. The highest BCUT2D eigenvalue weighted by Crippen LogP contribution is 2.79. The standard InChI is InChI=1S/C42H67NO2/c1-28(2)31-18-25-42(43)27-26-41(8)39(6)23-20-33-37(3,4)32(19-22-38(33,5)34(39)21-24-40(41,7)36(31)42)30-16-14-29(15-17-30)12-10-9-11-13-35(44)45/h16,19,29,31,33-34,36H,1,9-15,17-18,20-27,43H2,2-8H3,(H,44,45)/t29?,31-,33-,34+,36+,38-,39+,40+,41-,42-/m0/s1. The number of hydrogen-bond acceptors (Lipinski definition) is 2. The molecule has 4 fully saturated rings. The van der Waals surface area contributed by atoms with Gasteiger partial charge in [0.05, 0.1) is 0 Å². The third-order valence-corrected chi connectivity index (χ3v) is 16.8. The van der Waals surface area contributed by atoms with Crippen molar-refractivity contribution in [3.8, 4) is 0 Å². The van der Waals surface area contributed by atoms with E-state index in [4.69, 9.17) is 10.8 Å². The summed E-state index contributed by atoms with van der Waals surface area (Å²) in [5.41, 5.74) is 13.6. The predicted octanol–water partition coefficient (Wildman–Crippen LogP) is 11.0. The molecule has 6 rings (SSSR count). The van der Waals surface area contributed by atoms with Gasteiger partial charge in [0.2, 0.25) is 0 Å². The molecule has 3 N–H and O–H groups in total. The molecule has 0 saturated heterocycles. The first-order valence-electron chi connectivity index (χ1n) is 19.1. The zero-order chi connectivity index (χ0) is 32.6. The van der Waals surface area contributed by atoms with Crippen molar-refractivity contribution in [3.05, 3.63) is 35.5 Å². The lowest BCUT2D eigenvalue weighted by Gasteiger charge is -2.75. The fourth-order valence-corrected chi connectivity index (χ4v) is 14.3. The number of nitrogens with two attached hydrogens (primary N) is 1. The number of rotatable bonds is 8. The molecule has 0 heterocycles. The van der Waals surface area contributed by atoms with Gasteiger partial charge in [0, 0.05) is 12.0 Å². The number of aliphatic carboxylic acids is 1. The molecule has 0 bridgehead atoms. The summed E-state index contributed by atoms with van der Waals surface area (Å²) in [4.78, 5) is 10.8. The van der Waals surface area contributed by atoms with E-state index in [-0.39, 0.29) is 16.4 Å². The second-order valence-electron chi connectivity index (χ2n) is 19.0. The van der Waals surface area contributed by atoms with Gasteiger partial charge in [-0.1, -0.05) is 85.1 Å². The first-order valence-corrected chi connectivity index (χ1v) is 19.1. The zero-order valence-electron chi connectivity index (χ0n) is 30.2. The van der Waals surface area contributed by atoms with Crippen LogP contribution in [0.4, 0.5) is 0 Å². The molecule has 4 saturated carbocycles.